The second-order valence-corrected chi connectivity index (χ2v) is 10.9. The predicted octanol–water partition coefficient (Wildman–Crippen LogP) is 6.37. The van der Waals surface area contributed by atoms with Gasteiger partial charge < -0.3 is 15.5 Å². The Morgan fingerprint density at radius 2 is 2.00 bits per heavy atom. The van der Waals surface area contributed by atoms with Crippen LogP contribution in [0.25, 0.3) is 10.1 Å². The van der Waals surface area contributed by atoms with E-state index in [1.807, 2.05) is 11.4 Å². The number of benzene rings is 1. The fourth-order valence-corrected chi connectivity index (χ4v) is 5.95. The van der Waals surface area contributed by atoms with Crippen molar-refractivity contribution in [1.82, 2.24) is 5.32 Å². The van der Waals surface area contributed by atoms with Gasteiger partial charge in [0.15, 0.2) is 0 Å². The Kier molecular flexibility index (Phi) is 7.99. The van der Waals surface area contributed by atoms with E-state index in [1.165, 1.54) is 11.3 Å². The van der Waals surface area contributed by atoms with Gasteiger partial charge in [-0.3, -0.25) is 9.59 Å². The molecule has 3 atom stereocenters. The lowest BCUT2D eigenvalue weighted by atomic mass is 9.63. The molecule has 1 aromatic heterocycles. The van der Waals surface area contributed by atoms with E-state index in [0.29, 0.717) is 23.8 Å². The third-order valence-corrected chi connectivity index (χ3v) is 7.59. The number of hydrogen-bond acceptors (Lipinski definition) is 4. The Balaban J connectivity index is 1.74. The molecule has 3 N–H and O–H groups in total. The molecule has 1 heterocycles. The summed E-state index contributed by atoms with van der Waals surface area (Å²) in [6.45, 7) is 6.84. The summed E-state index contributed by atoms with van der Waals surface area (Å²) in [7, 11) is 0. The predicted molar refractivity (Wildman–Crippen MR) is 130 cm³/mol. The molecule has 3 rings (SSSR count). The Labute approximate surface area is 194 Å². The van der Waals surface area contributed by atoms with Crippen molar-refractivity contribution in [1.29, 1.82) is 0 Å². The average molecular weight is 458 g/mol. The van der Waals surface area contributed by atoms with Crippen molar-refractivity contribution >= 4 is 33.3 Å². The van der Waals surface area contributed by atoms with Crippen LogP contribution in [0.4, 0.5) is 0 Å². The highest BCUT2D eigenvalue weighted by Gasteiger charge is 2.39. The number of fused-ring (bicyclic) bond motifs is 1. The molecule has 1 aliphatic rings. The molecule has 174 valence electrons. The zero-order valence-electron chi connectivity index (χ0n) is 19.3. The summed E-state index contributed by atoms with van der Waals surface area (Å²) in [6.07, 6.45) is 9.96. The van der Waals surface area contributed by atoms with Crippen molar-refractivity contribution in [3.05, 3.63) is 41.3 Å². The molecule has 32 heavy (non-hydrogen) atoms. The minimum absolute atomic E-state index is 0.0724. The SMILES string of the molecule is CC(C)(C)[C@@H]1CCCC(NC(=O)c2csc3ccc(O)cc23)[C@@H]1CC=CCCCC(=O)O. The highest BCUT2D eigenvalue weighted by Crippen LogP contribution is 2.44. The maximum atomic E-state index is 13.2. The van der Waals surface area contributed by atoms with E-state index in [0.717, 1.165) is 42.2 Å². The van der Waals surface area contributed by atoms with Gasteiger partial charge in [0.2, 0.25) is 0 Å². The van der Waals surface area contributed by atoms with E-state index < -0.39 is 5.97 Å². The number of phenols is 1. The van der Waals surface area contributed by atoms with Crippen molar-refractivity contribution in [2.75, 3.05) is 0 Å². The third-order valence-electron chi connectivity index (χ3n) is 6.63. The topological polar surface area (TPSA) is 86.6 Å². The van der Waals surface area contributed by atoms with Gasteiger partial charge in [-0.15, -0.1) is 11.3 Å². The first-order valence-corrected chi connectivity index (χ1v) is 12.4. The van der Waals surface area contributed by atoms with Crippen LogP contribution < -0.4 is 5.32 Å². The first-order valence-electron chi connectivity index (χ1n) is 11.5. The van der Waals surface area contributed by atoms with Gasteiger partial charge in [0, 0.05) is 27.9 Å². The Morgan fingerprint density at radius 1 is 1.22 bits per heavy atom. The smallest absolute Gasteiger partial charge is 0.303 e. The number of allylic oxidation sites excluding steroid dienone is 2. The number of aliphatic carboxylic acids is 1. The van der Waals surface area contributed by atoms with Crippen molar-refractivity contribution in [2.45, 2.75) is 71.8 Å². The molecule has 1 saturated carbocycles. The fourth-order valence-electron chi connectivity index (χ4n) is 5.03. The van der Waals surface area contributed by atoms with Gasteiger partial charge in [-0.25, -0.2) is 0 Å². The van der Waals surface area contributed by atoms with Gasteiger partial charge in [-0.2, -0.15) is 0 Å². The number of phenolic OH excluding ortho intramolecular Hbond substituents is 1. The van der Waals surface area contributed by atoms with Crippen LogP contribution in [0.1, 0.15) is 76.1 Å². The second kappa shape index (κ2) is 10.5. The van der Waals surface area contributed by atoms with E-state index in [4.69, 9.17) is 5.11 Å². The zero-order valence-corrected chi connectivity index (χ0v) is 20.1. The van der Waals surface area contributed by atoms with Crippen LogP contribution >= 0.6 is 11.3 Å². The molecule has 0 aliphatic heterocycles. The van der Waals surface area contributed by atoms with Gasteiger partial charge >= 0.3 is 5.97 Å². The molecular weight excluding hydrogens is 422 g/mol. The standard InChI is InChI=1S/C26H35NO4S/c1-26(2,3)21-10-8-11-22(18(21)9-6-4-5-7-12-24(29)30)27-25(31)20-16-32-23-14-13-17(28)15-19(20)23/h4,6,13-16,18,21-22,28H,5,7-12H2,1-3H3,(H,27,31)(H,29,30)/t18-,21-,22?/m1/s1. The van der Waals surface area contributed by atoms with Crippen molar-refractivity contribution in [2.24, 2.45) is 17.3 Å². The van der Waals surface area contributed by atoms with Crippen LogP contribution in [-0.2, 0) is 4.79 Å². The minimum Gasteiger partial charge on any atom is -0.508 e. The van der Waals surface area contributed by atoms with Crippen LogP contribution in [0.3, 0.4) is 0 Å². The summed E-state index contributed by atoms with van der Waals surface area (Å²) < 4.78 is 0.991. The molecule has 1 amide bonds. The maximum Gasteiger partial charge on any atom is 0.303 e. The van der Waals surface area contributed by atoms with Crippen LogP contribution in [0.5, 0.6) is 5.75 Å². The maximum absolute atomic E-state index is 13.2. The molecule has 1 aliphatic carbocycles. The summed E-state index contributed by atoms with van der Waals surface area (Å²) in [4.78, 5) is 23.9. The molecule has 1 unspecified atom stereocenters. The van der Waals surface area contributed by atoms with Crippen molar-refractivity contribution in [3.8, 4) is 5.75 Å². The van der Waals surface area contributed by atoms with Gasteiger partial charge in [-0.05, 0) is 67.6 Å². The molecule has 0 saturated heterocycles. The van der Waals surface area contributed by atoms with Crippen LogP contribution in [0.2, 0.25) is 0 Å². The molecule has 2 aromatic rings. The molecule has 6 heteroatoms. The van der Waals surface area contributed by atoms with Gasteiger partial charge in [0.05, 0.1) is 5.56 Å². The highest BCUT2D eigenvalue weighted by atomic mass is 32.1. The van der Waals surface area contributed by atoms with Crippen LogP contribution in [0.15, 0.2) is 35.7 Å². The molecule has 0 spiro atoms. The summed E-state index contributed by atoms with van der Waals surface area (Å²) in [5, 5.41) is 24.7. The summed E-state index contributed by atoms with van der Waals surface area (Å²) >= 11 is 1.52. The van der Waals surface area contributed by atoms with Crippen molar-refractivity contribution in [3.63, 3.8) is 0 Å². The second-order valence-electron chi connectivity index (χ2n) is 9.97. The summed E-state index contributed by atoms with van der Waals surface area (Å²) in [5.74, 6) is 0.170. The molecule has 1 fully saturated rings. The van der Waals surface area contributed by atoms with Gasteiger partial charge in [0.1, 0.15) is 5.75 Å². The summed E-state index contributed by atoms with van der Waals surface area (Å²) in [5.41, 5.74) is 0.772. The minimum atomic E-state index is -0.754. The first-order chi connectivity index (χ1) is 15.2. The lowest BCUT2D eigenvalue weighted by Crippen LogP contribution is -2.48. The number of rotatable bonds is 8. The number of thiophene rings is 1. The Morgan fingerprint density at radius 3 is 2.72 bits per heavy atom. The zero-order chi connectivity index (χ0) is 23.3. The fraction of sp³-hybridized carbons (Fsp3) is 0.538. The van der Waals surface area contributed by atoms with E-state index in [2.05, 4.69) is 38.2 Å². The third kappa shape index (κ3) is 6.12. The normalized spacial score (nSPS) is 21.8. The molecular formula is C26H35NO4S. The molecule has 0 bridgehead atoms. The number of nitrogens with one attached hydrogen (secondary N) is 1. The van der Waals surface area contributed by atoms with Gasteiger partial charge in [0.25, 0.3) is 5.91 Å². The highest BCUT2D eigenvalue weighted by molar-refractivity contribution is 7.17. The number of amides is 1. The summed E-state index contributed by atoms with van der Waals surface area (Å²) in [6, 6.07) is 5.25. The lowest BCUT2D eigenvalue weighted by molar-refractivity contribution is -0.137. The van der Waals surface area contributed by atoms with Gasteiger partial charge in [-0.1, -0.05) is 39.3 Å². The van der Waals surface area contributed by atoms with E-state index >= 15 is 0 Å². The van der Waals surface area contributed by atoms with Crippen LogP contribution in [-0.4, -0.2) is 28.1 Å². The van der Waals surface area contributed by atoms with E-state index in [-0.39, 0.29) is 29.5 Å². The number of unbranched alkanes of at least 4 members (excludes halogenated alkanes) is 1. The Hall–Kier alpha value is -2.34. The number of carbonyl (C=O) groups excluding carboxylic acids is 1. The molecule has 0 radical (unpaired) electrons. The number of carbonyl (C=O) groups is 2. The average Bonchev–Trinajstić information content (AvgIpc) is 3.13. The number of hydrogen-bond donors (Lipinski definition) is 3. The Bertz CT molecular complexity index is 972. The van der Waals surface area contributed by atoms with Crippen molar-refractivity contribution < 1.29 is 19.8 Å². The van der Waals surface area contributed by atoms with Crippen LogP contribution in [0, 0.1) is 17.3 Å². The first kappa shape index (κ1) is 24.3. The number of carboxylic acids is 1. The van der Waals surface area contributed by atoms with E-state index in [9.17, 15) is 14.7 Å². The lowest BCUT2D eigenvalue weighted by Gasteiger charge is -2.45. The molecule has 1 aromatic carbocycles. The quantitative estimate of drug-likeness (QED) is 0.317. The largest absolute Gasteiger partial charge is 0.508 e. The number of aromatic hydroxyl groups is 1. The van der Waals surface area contributed by atoms with E-state index in [1.54, 1.807) is 12.1 Å². The monoisotopic (exact) mass is 457 g/mol. The molecule has 5 nitrogen and oxygen atoms in total. The number of carboxylic acid groups (broad SMARTS) is 1.